The minimum atomic E-state index is -0.959. The van der Waals surface area contributed by atoms with Gasteiger partial charge in [-0.3, -0.25) is 4.79 Å². The summed E-state index contributed by atoms with van der Waals surface area (Å²) in [6.07, 6.45) is 2.99. The number of allylic oxidation sites excluding steroid dienone is 1. The van der Waals surface area contributed by atoms with Crippen molar-refractivity contribution in [3.8, 4) is 0 Å². The lowest BCUT2D eigenvalue weighted by Crippen LogP contribution is -2.55. The molecule has 2 aliphatic rings. The zero-order valence-electron chi connectivity index (χ0n) is 8.12. The van der Waals surface area contributed by atoms with Gasteiger partial charge in [0.25, 0.3) is 0 Å². The Morgan fingerprint density at radius 3 is 2.86 bits per heavy atom. The smallest absolute Gasteiger partial charge is 0.352 e. The first kappa shape index (κ1) is 9.24. The maximum absolute atomic E-state index is 11.3. The number of carbonyl (C=O) groups is 2. The van der Waals surface area contributed by atoms with Crippen LogP contribution >= 0.6 is 0 Å². The highest BCUT2D eigenvalue weighted by atomic mass is 16.4. The first-order valence-corrected chi connectivity index (χ1v) is 4.92. The number of hydrogen-bond acceptors (Lipinski definition) is 2. The summed E-state index contributed by atoms with van der Waals surface area (Å²) in [7, 11) is 0. The number of carboxylic acid groups (broad SMARTS) is 1. The number of hydrogen-bond donors (Lipinski definition) is 1. The third kappa shape index (κ3) is 1.14. The number of fused-ring (bicyclic) bond motifs is 1. The summed E-state index contributed by atoms with van der Waals surface area (Å²) < 4.78 is 0. The molecule has 0 aliphatic carbocycles. The molecule has 4 nitrogen and oxygen atoms in total. The summed E-state index contributed by atoms with van der Waals surface area (Å²) in [5.41, 5.74) is 1.15. The number of amides is 1. The Morgan fingerprint density at radius 1 is 1.64 bits per heavy atom. The second-order valence-electron chi connectivity index (χ2n) is 3.77. The molecule has 1 fully saturated rings. The first-order chi connectivity index (χ1) is 6.65. The fraction of sp³-hybridized carbons (Fsp3) is 0.600. The summed E-state index contributed by atoms with van der Waals surface area (Å²) in [6, 6.07) is 0.156. The van der Waals surface area contributed by atoms with Gasteiger partial charge in [0.1, 0.15) is 5.70 Å². The van der Waals surface area contributed by atoms with E-state index in [2.05, 4.69) is 0 Å². The summed E-state index contributed by atoms with van der Waals surface area (Å²) >= 11 is 0. The highest BCUT2D eigenvalue weighted by molar-refractivity contribution is 5.97. The molecule has 2 rings (SSSR count). The first-order valence-electron chi connectivity index (χ1n) is 4.92. The zero-order chi connectivity index (χ0) is 10.3. The number of nitrogens with zero attached hydrogens (tertiary/aromatic N) is 1. The van der Waals surface area contributed by atoms with E-state index in [1.54, 1.807) is 0 Å². The van der Waals surface area contributed by atoms with Crippen LogP contribution in [-0.4, -0.2) is 27.9 Å². The van der Waals surface area contributed by atoms with Crippen molar-refractivity contribution in [3.63, 3.8) is 0 Å². The summed E-state index contributed by atoms with van der Waals surface area (Å²) in [5, 5.41) is 9.03. The zero-order valence-corrected chi connectivity index (χ0v) is 8.12. The van der Waals surface area contributed by atoms with Gasteiger partial charge in [-0.25, -0.2) is 4.79 Å². The molecule has 0 bridgehead atoms. The number of carbonyl (C=O) groups excluding carboxylic acids is 1. The van der Waals surface area contributed by atoms with Crippen molar-refractivity contribution >= 4 is 11.9 Å². The molecule has 1 saturated heterocycles. The molecule has 4 heteroatoms. The Bertz CT molecular complexity index is 332. The van der Waals surface area contributed by atoms with E-state index >= 15 is 0 Å². The van der Waals surface area contributed by atoms with Crippen LogP contribution in [0, 0.1) is 0 Å². The number of aliphatic carboxylic acids is 1. The molecule has 0 radical (unpaired) electrons. The fourth-order valence-corrected chi connectivity index (χ4v) is 2.25. The van der Waals surface area contributed by atoms with E-state index in [4.69, 9.17) is 5.11 Å². The predicted molar refractivity (Wildman–Crippen MR) is 49.4 cm³/mol. The maximum Gasteiger partial charge on any atom is 0.352 e. The minimum absolute atomic E-state index is 0.0435. The summed E-state index contributed by atoms with van der Waals surface area (Å²) in [5.74, 6) is -1.00. The van der Waals surface area contributed by atoms with Crippen LogP contribution in [0.15, 0.2) is 11.3 Å². The van der Waals surface area contributed by atoms with E-state index in [9.17, 15) is 9.59 Å². The van der Waals surface area contributed by atoms with E-state index in [1.165, 1.54) is 4.90 Å². The standard InChI is InChI=1S/C10H13NO3/c1-2-6-3-4-7-5-8(12)11(7)9(6)10(13)14/h7H,2-5H2,1H3,(H,13,14). The van der Waals surface area contributed by atoms with Crippen molar-refractivity contribution < 1.29 is 14.7 Å². The molecule has 0 aromatic carbocycles. The van der Waals surface area contributed by atoms with Crippen LogP contribution in [0.4, 0.5) is 0 Å². The lowest BCUT2D eigenvalue weighted by atomic mass is 9.86. The van der Waals surface area contributed by atoms with Gasteiger partial charge in [0.05, 0.1) is 0 Å². The van der Waals surface area contributed by atoms with Gasteiger partial charge in [-0.05, 0) is 24.8 Å². The molecule has 1 N–H and O–H groups in total. The molecule has 1 amide bonds. The second kappa shape index (κ2) is 3.12. The average molecular weight is 195 g/mol. The third-order valence-electron chi connectivity index (χ3n) is 3.03. The molecule has 76 valence electrons. The van der Waals surface area contributed by atoms with Gasteiger partial charge >= 0.3 is 5.97 Å². The van der Waals surface area contributed by atoms with Gasteiger partial charge in [0, 0.05) is 12.5 Å². The normalized spacial score (nSPS) is 25.9. The monoisotopic (exact) mass is 195 g/mol. The Morgan fingerprint density at radius 2 is 2.36 bits per heavy atom. The highest BCUT2D eigenvalue weighted by Gasteiger charge is 2.43. The maximum atomic E-state index is 11.3. The van der Waals surface area contributed by atoms with Crippen LogP contribution in [-0.2, 0) is 9.59 Å². The molecule has 0 saturated carbocycles. The Balaban J connectivity index is 2.37. The molecule has 2 aliphatic heterocycles. The minimum Gasteiger partial charge on any atom is -0.477 e. The topological polar surface area (TPSA) is 57.6 Å². The molecule has 0 aromatic heterocycles. The van der Waals surface area contributed by atoms with Gasteiger partial charge in [-0.1, -0.05) is 6.92 Å². The van der Waals surface area contributed by atoms with E-state index < -0.39 is 5.97 Å². The lowest BCUT2D eigenvalue weighted by Gasteiger charge is -2.44. The molecule has 1 unspecified atom stereocenters. The third-order valence-corrected chi connectivity index (χ3v) is 3.03. The molecule has 14 heavy (non-hydrogen) atoms. The Kier molecular flexibility index (Phi) is 2.06. The van der Waals surface area contributed by atoms with Gasteiger partial charge in [0.2, 0.25) is 5.91 Å². The molecule has 0 spiro atoms. The van der Waals surface area contributed by atoms with Crippen LogP contribution < -0.4 is 0 Å². The van der Waals surface area contributed by atoms with E-state index in [-0.39, 0.29) is 17.6 Å². The van der Waals surface area contributed by atoms with E-state index in [1.807, 2.05) is 6.92 Å². The summed E-state index contributed by atoms with van der Waals surface area (Å²) in [4.78, 5) is 23.7. The van der Waals surface area contributed by atoms with Crippen molar-refractivity contribution in [1.82, 2.24) is 4.90 Å². The molecule has 1 atom stereocenters. The lowest BCUT2D eigenvalue weighted by molar-refractivity contribution is -0.150. The molecule has 0 aromatic rings. The van der Waals surface area contributed by atoms with Gasteiger partial charge in [-0.15, -0.1) is 0 Å². The van der Waals surface area contributed by atoms with Crippen LogP contribution in [0.2, 0.25) is 0 Å². The van der Waals surface area contributed by atoms with Gasteiger partial charge < -0.3 is 10.0 Å². The Hall–Kier alpha value is -1.32. The van der Waals surface area contributed by atoms with E-state index in [0.717, 1.165) is 24.8 Å². The molecule has 2 heterocycles. The average Bonchev–Trinajstić information content (AvgIpc) is 2.15. The van der Waals surface area contributed by atoms with Crippen LogP contribution in [0.25, 0.3) is 0 Å². The second-order valence-corrected chi connectivity index (χ2v) is 3.77. The van der Waals surface area contributed by atoms with Crippen molar-refractivity contribution in [2.45, 2.75) is 38.6 Å². The van der Waals surface area contributed by atoms with Crippen LogP contribution in [0.3, 0.4) is 0 Å². The van der Waals surface area contributed by atoms with Crippen LogP contribution in [0.5, 0.6) is 0 Å². The van der Waals surface area contributed by atoms with Crippen molar-refractivity contribution in [2.24, 2.45) is 0 Å². The van der Waals surface area contributed by atoms with Gasteiger partial charge in [-0.2, -0.15) is 0 Å². The number of carboxylic acids is 1. The predicted octanol–water partition coefficient (Wildman–Crippen LogP) is 1.13. The van der Waals surface area contributed by atoms with Crippen molar-refractivity contribution in [3.05, 3.63) is 11.3 Å². The molecular formula is C10H13NO3. The Labute approximate surface area is 82.2 Å². The fourth-order valence-electron chi connectivity index (χ4n) is 2.25. The van der Waals surface area contributed by atoms with E-state index in [0.29, 0.717) is 6.42 Å². The number of rotatable bonds is 2. The van der Waals surface area contributed by atoms with Gasteiger partial charge in [0.15, 0.2) is 0 Å². The number of β-lactam (4-membered cyclic amide) rings is 1. The van der Waals surface area contributed by atoms with Crippen molar-refractivity contribution in [2.75, 3.05) is 0 Å². The van der Waals surface area contributed by atoms with Crippen molar-refractivity contribution in [1.29, 1.82) is 0 Å². The van der Waals surface area contributed by atoms with Crippen LogP contribution in [0.1, 0.15) is 32.6 Å². The molecular weight excluding hydrogens is 182 g/mol. The highest BCUT2D eigenvalue weighted by Crippen LogP contribution is 2.37. The summed E-state index contributed by atoms with van der Waals surface area (Å²) in [6.45, 7) is 1.93. The largest absolute Gasteiger partial charge is 0.477 e. The SMILES string of the molecule is CCC1=C(C(=O)O)N2C(=O)CC2CC1. The quantitative estimate of drug-likeness (QED) is 0.672.